The second-order valence-electron chi connectivity index (χ2n) is 2.98. The van der Waals surface area contributed by atoms with Gasteiger partial charge in [-0.2, -0.15) is 5.10 Å². The minimum Gasteiger partial charge on any atom is -0.228 e. The van der Waals surface area contributed by atoms with E-state index in [0.717, 1.165) is 11.1 Å². The zero-order chi connectivity index (χ0) is 9.47. The van der Waals surface area contributed by atoms with Gasteiger partial charge >= 0.3 is 0 Å². The van der Waals surface area contributed by atoms with E-state index in [9.17, 15) is 8.42 Å². The van der Waals surface area contributed by atoms with Gasteiger partial charge in [-0.05, 0) is 27.9 Å². The molecule has 0 saturated heterocycles. The van der Waals surface area contributed by atoms with Crippen LogP contribution in [0.4, 0.5) is 0 Å². The van der Waals surface area contributed by atoms with Crippen LogP contribution in [0.3, 0.4) is 0 Å². The average Bonchev–Trinajstić information content (AvgIpc) is 2.06. The largest absolute Gasteiger partial charge is 0.228 e. The predicted molar refractivity (Wildman–Crippen MR) is 50.9 cm³/mol. The molecule has 0 N–H and O–H groups in total. The maximum absolute atomic E-state index is 11.3. The van der Waals surface area contributed by atoms with E-state index in [2.05, 4.69) is 26.1 Å². The SMILES string of the molecule is O=S1(=O)CCc2cnnc(Br)c2C1. The summed E-state index contributed by atoms with van der Waals surface area (Å²) < 4.78 is 23.1. The first-order valence-electron chi connectivity index (χ1n) is 3.78. The summed E-state index contributed by atoms with van der Waals surface area (Å²) in [6, 6.07) is 0. The second-order valence-corrected chi connectivity index (χ2v) is 5.92. The molecule has 2 heterocycles. The molecule has 0 bridgehead atoms. The van der Waals surface area contributed by atoms with Crippen LogP contribution in [-0.4, -0.2) is 24.4 Å². The average molecular weight is 263 g/mol. The quantitative estimate of drug-likeness (QED) is 0.691. The fourth-order valence-corrected chi connectivity index (χ4v) is 3.45. The zero-order valence-electron chi connectivity index (χ0n) is 6.70. The molecule has 6 heteroatoms. The lowest BCUT2D eigenvalue weighted by molar-refractivity contribution is 0.591. The number of hydrogen-bond donors (Lipinski definition) is 0. The molecule has 4 nitrogen and oxygen atoms in total. The van der Waals surface area contributed by atoms with Gasteiger partial charge in [0.1, 0.15) is 4.60 Å². The Morgan fingerprint density at radius 2 is 2.23 bits per heavy atom. The third-order valence-corrected chi connectivity index (χ3v) is 4.23. The van der Waals surface area contributed by atoms with E-state index < -0.39 is 9.84 Å². The zero-order valence-corrected chi connectivity index (χ0v) is 9.10. The minimum atomic E-state index is -2.92. The van der Waals surface area contributed by atoms with Gasteiger partial charge in [0.2, 0.25) is 0 Å². The van der Waals surface area contributed by atoms with Crippen molar-refractivity contribution in [3.63, 3.8) is 0 Å². The molecule has 2 rings (SSSR count). The van der Waals surface area contributed by atoms with Crippen LogP contribution in [0.2, 0.25) is 0 Å². The van der Waals surface area contributed by atoms with Gasteiger partial charge in [-0.15, -0.1) is 5.10 Å². The van der Waals surface area contributed by atoms with E-state index in [4.69, 9.17) is 0 Å². The number of sulfone groups is 1. The summed E-state index contributed by atoms with van der Waals surface area (Å²) in [5, 5.41) is 7.51. The Balaban J connectivity index is 2.56. The van der Waals surface area contributed by atoms with Crippen molar-refractivity contribution in [2.24, 2.45) is 0 Å². The van der Waals surface area contributed by atoms with Crippen LogP contribution in [0.15, 0.2) is 10.8 Å². The summed E-state index contributed by atoms with van der Waals surface area (Å²) in [6.07, 6.45) is 2.18. The molecule has 70 valence electrons. The Hall–Kier alpha value is -0.490. The number of aromatic nitrogens is 2. The van der Waals surface area contributed by atoms with Crippen molar-refractivity contribution < 1.29 is 8.42 Å². The van der Waals surface area contributed by atoms with E-state index >= 15 is 0 Å². The molecule has 0 radical (unpaired) electrons. The van der Waals surface area contributed by atoms with Gasteiger partial charge in [-0.1, -0.05) is 0 Å². The van der Waals surface area contributed by atoms with Crippen LogP contribution in [-0.2, 0) is 22.0 Å². The molecule has 0 unspecified atom stereocenters. The van der Waals surface area contributed by atoms with Crippen LogP contribution < -0.4 is 0 Å². The summed E-state index contributed by atoms with van der Waals surface area (Å²) in [5.41, 5.74) is 1.75. The molecule has 0 atom stereocenters. The molecule has 0 aliphatic carbocycles. The van der Waals surface area contributed by atoms with Crippen molar-refractivity contribution in [3.05, 3.63) is 21.9 Å². The van der Waals surface area contributed by atoms with Crippen LogP contribution in [0.25, 0.3) is 0 Å². The molecule has 0 aromatic carbocycles. The van der Waals surface area contributed by atoms with Gasteiger partial charge in [-0.3, -0.25) is 0 Å². The number of rotatable bonds is 0. The Morgan fingerprint density at radius 3 is 3.00 bits per heavy atom. The highest BCUT2D eigenvalue weighted by Gasteiger charge is 2.23. The molecular formula is C7H7BrN2O2S. The van der Waals surface area contributed by atoms with Gasteiger partial charge in [0.25, 0.3) is 0 Å². The second kappa shape index (κ2) is 3.02. The monoisotopic (exact) mass is 262 g/mol. The smallest absolute Gasteiger partial charge is 0.154 e. The molecule has 0 spiro atoms. The van der Waals surface area contributed by atoms with Crippen molar-refractivity contribution in [2.75, 3.05) is 5.75 Å². The van der Waals surface area contributed by atoms with Crippen molar-refractivity contribution in [2.45, 2.75) is 12.2 Å². The fraction of sp³-hybridized carbons (Fsp3) is 0.429. The van der Waals surface area contributed by atoms with E-state index in [1.54, 1.807) is 6.20 Å². The first-order chi connectivity index (χ1) is 6.08. The number of hydrogen-bond acceptors (Lipinski definition) is 4. The van der Waals surface area contributed by atoms with Crippen molar-refractivity contribution >= 4 is 25.8 Å². The lowest BCUT2D eigenvalue weighted by atomic mass is 10.1. The number of halogens is 1. The number of aryl methyl sites for hydroxylation is 1. The predicted octanol–water partition coefficient (Wildman–Crippen LogP) is 0.710. The summed E-state index contributed by atoms with van der Waals surface area (Å²) in [7, 11) is -2.92. The highest BCUT2D eigenvalue weighted by molar-refractivity contribution is 9.10. The molecule has 1 aliphatic heterocycles. The van der Waals surface area contributed by atoms with Crippen LogP contribution in [0.5, 0.6) is 0 Å². The normalized spacial score (nSPS) is 19.5. The van der Waals surface area contributed by atoms with Crippen LogP contribution in [0, 0.1) is 0 Å². The highest BCUT2D eigenvalue weighted by atomic mass is 79.9. The van der Waals surface area contributed by atoms with E-state index in [1.807, 2.05) is 0 Å². The molecule has 0 amide bonds. The Labute approximate surface area is 84.4 Å². The molecule has 1 aromatic heterocycles. The Bertz CT molecular complexity index is 444. The first kappa shape index (κ1) is 9.08. The third-order valence-electron chi connectivity index (χ3n) is 2.04. The Kier molecular flexibility index (Phi) is 2.11. The van der Waals surface area contributed by atoms with E-state index in [0.29, 0.717) is 11.0 Å². The topological polar surface area (TPSA) is 59.9 Å². The standard InChI is InChI=1S/C7H7BrN2O2S/c8-7-6-4-13(11,12)2-1-5(6)3-9-10-7/h3H,1-2,4H2. The maximum Gasteiger partial charge on any atom is 0.154 e. The molecule has 0 saturated carbocycles. The van der Waals surface area contributed by atoms with E-state index in [1.165, 1.54) is 0 Å². The molecule has 0 fully saturated rings. The van der Waals surface area contributed by atoms with Crippen LogP contribution in [0.1, 0.15) is 11.1 Å². The first-order valence-corrected chi connectivity index (χ1v) is 6.39. The third kappa shape index (κ3) is 1.73. The van der Waals surface area contributed by atoms with Gasteiger partial charge in [0.15, 0.2) is 9.84 Å². The molecule has 1 aromatic rings. The summed E-state index contributed by atoms with van der Waals surface area (Å²) >= 11 is 3.20. The lowest BCUT2D eigenvalue weighted by Gasteiger charge is -2.15. The summed E-state index contributed by atoms with van der Waals surface area (Å²) in [6.45, 7) is 0. The van der Waals surface area contributed by atoms with Gasteiger partial charge < -0.3 is 0 Å². The van der Waals surface area contributed by atoms with Crippen molar-refractivity contribution in [1.82, 2.24) is 10.2 Å². The molecule has 1 aliphatic rings. The van der Waals surface area contributed by atoms with Crippen LogP contribution >= 0.6 is 15.9 Å². The lowest BCUT2D eigenvalue weighted by Crippen LogP contribution is -2.20. The van der Waals surface area contributed by atoms with Crippen molar-refractivity contribution in [3.8, 4) is 0 Å². The minimum absolute atomic E-state index is 0.0818. The summed E-state index contributed by atoms with van der Waals surface area (Å²) in [4.78, 5) is 0. The van der Waals surface area contributed by atoms with Gasteiger partial charge in [0, 0.05) is 5.56 Å². The number of fused-ring (bicyclic) bond motifs is 1. The van der Waals surface area contributed by atoms with Crippen molar-refractivity contribution in [1.29, 1.82) is 0 Å². The molecule has 13 heavy (non-hydrogen) atoms. The maximum atomic E-state index is 11.3. The summed E-state index contributed by atoms with van der Waals surface area (Å²) in [5.74, 6) is 0.302. The van der Waals surface area contributed by atoms with Gasteiger partial charge in [0.05, 0.1) is 17.7 Å². The van der Waals surface area contributed by atoms with Gasteiger partial charge in [-0.25, -0.2) is 8.42 Å². The number of nitrogens with zero attached hydrogens (tertiary/aromatic N) is 2. The van der Waals surface area contributed by atoms with E-state index in [-0.39, 0.29) is 11.5 Å². The molecular weight excluding hydrogens is 256 g/mol. The Morgan fingerprint density at radius 1 is 1.46 bits per heavy atom. The fourth-order valence-electron chi connectivity index (χ4n) is 1.35. The highest BCUT2D eigenvalue weighted by Crippen LogP contribution is 2.24.